The van der Waals surface area contributed by atoms with E-state index < -0.39 is 198 Å². The Labute approximate surface area is 532 Å². The third-order valence-electron chi connectivity index (χ3n) is 13.1. The zero-order chi connectivity index (χ0) is 67.8. The van der Waals surface area contributed by atoms with Gasteiger partial charge < -0.3 is 36.6 Å². The second-order valence-corrected chi connectivity index (χ2v) is 25.9. The molecule has 7 N–H and O–H groups in total. The summed E-state index contributed by atoms with van der Waals surface area (Å²) >= 11 is 0. The van der Waals surface area contributed by atoms with Crippen LogP contribution in [0.2, 0.25) is 0 Å². The third kappa shape index (κ3) is 20.3. The van der Waals surface area contributed by atoms with Gasteiger partial charge in [0.25, 0.3) is 26.8 Å². The van der Waals surface area contributed by atoms with Crippen LogP contribution in [0, 0.1) is 69.8 Å². The van der Waals surface area contributed by atoms with Crippen molar-refractivity contribution in [2.24, 2.45) is 0 Å². The number of sulfonamides is 2. The predicted octanol–water partition coefficient (Wildman–Crippen LogP) is 10.2. The van der Waals surface area contributed by atoms with Crippen LogP contribution in [0.4, 0.5) is 82.9 Å². The van der Waals surface area contributed by atoms with Crippen LogP contribution in [-0.2, 0) is 29.1 Å². The lowest BCUT2D eigenvalue weighted by Gasteiger charge is -2.31. The number of alkyl halides is 3. The van der Waals surface area contributed by atoms with E-state index in [9.17, 15) is 116 Å². The molecule has 3 heterocycles. The summed E-state index contributed by atoms with van der Waals surface area (Å²) in [6, 6.07) is 10.0. The minimum atomic E-state index is -4.54. The molecule has 0 aromatic heterocycles. The summed E-state index contributed by atoms with van der Waals surface area (Å²) in [5.74, 6) is -21.1. The van der Waals surface area contributed by atoms with Crippen LogP contribution in [-0.4, -0.2) is 143 Å². The van der Waals surface area contributed by atoms with Crippen LogP contribution in [0.15, 0.2) is 106 Å². The molecule has 0 radical (unpaired) electrons. The number of halogens is 16. The standard InChI is InChI=1S/2C18H15F5N2O4S.C13H6ClF4NO3S.C5H10FNO.3CH4/c2*19-11-2-1-9(18(27)24-10-6-12(20)17(23)13(21)7-10)5-16(11)30(28,29)25-4-3-15(26)14(22)8-25;14-23(21,22)11-3-6(1-2-8(11)15)13(20)19-7-4-9(16)12(18)10(17)5-7;6-4-3-7-2-1-5(4)8;;;/h2*1-2,5-7,14-15,26H,3-4,8H2,(H,24,27);1-5H,(H,19,20);4-5,7-8H,1-3H2;3*1H4. The number of aliphatic hydroxyl groups excluding tert-OH is 3. The maximum atomic E-state index is 14.2. The topological polar surface area (TPSA) is 269 Å². The van der Waals surface area contributed by atoms with Gasteiger partial charge in [-0.05, 0) is 80.4 Å². The molecule has 3 fully saturated rings. The maximum Gasteiger partial charge on any atom is 0.264 e. The highest BCUT2D eigenvalue weighted by molar-refractivity contribution is 8.13. The van der Waals surface area contributed by atoms with Gasteiger partial charge in [-0.3, -0.25) is 14.4 Å². The van der Waals surface area contributed by atoms with E-state index in [1.54, 1.807) is 0 Å². The summed E-state index contributed by atoms with van der Waals surface area (Å²) in [6.07, 6.45) is -8.00. The molecule has 6 unspecified atom stereocenters. The molecule has 9 rings (SSSR count). The number of nitrogens with one attached hydrogen (secondary N) is 4. The Morgan fingerprint density at radius 3 is 0.957 bits per heavy atom. The predicted molar refractivity (Wildman–Crippen MR) is 312 cm³/mol. The molecule has 3 aliphatic rings. The van der Waals surface area contributed by atoms with Crippen molar-refractivity contribution in [2.75, 3.05) is 55.2 Å². The molecule has 3 amide bonds. The summed E-state index contributed by atoms with van der Waals surface area (Å²) < 4.78 is 274. The van der Waals surface area contributed by atoms with Gasteiger partial charge in [-0.1, -0.05) is 22.3 Å². The van der Waals surface area contributed by atoms with Crippen molar-refractivity contribution in [2.45, 2.75) is 93.1 Å². The van der Waals surface area contributed by atoms with Gasteiger partial charge in [0.2, 0.25) is 20.0 Å². The van der Waals surface area contributed by atoms with Gasteiger partial charge in [-0.15, -0.1) is 0 Å². The average Bonchev–Trinajstić information content (AvgIpc) is 0.789. The van der Waals surface area contributed by atoms with Crippen molar-refractivity contribution in [3.8, 4) is 0 Å². The monoisotopic (exact) mass is 1430 g/mol. The summed E-state index contributed by atoms with van der Waals surface area (Å²) in [7, 11) is -8.49. The Morgan fingerprint density at radius 2 is 0.702 bits per heavy atom. The number of rotatable bonds is 11. The Morgan fingerprint density at radius 1 is 0.426 bits per heavy atom. The number of amides is 3. The SMILES string of the molecule is C.C.C.O=C(Nc1cc(F)c(F)c(F)c1)c1ccc(F)c(S(=O)(=O)Cl)c1.O=C(Nc1cc(F)c(F)c(F)c1)c1ccc(F)c(S(=O)(=O)N2CCC(O)C(F)C2)c1.O=C(Nc1cc(F)c(F)c(F)c1)c1ccc(F)c(S(=O)(=O)N2CCC(O)C(F)C2)c1.OC1CCNCC1F. The van der Waals surface area contributed by atoms with Crippen molar-refractivity contribution in [1.29, 1.82) is 0 Å². The first kappa shape index (κ1) is 80.8. The molecule has 3 aliphatic heterocycles. The first-order chi connectivity index (χ1) is 42.4. The quantitative estimate of drug-likeness (QED) is 0.0362. The molecule has 18 nitrogen and oxygen atoms in total. The molecule has 94 heavy (non-hydrogen) atoms. The number of carbonyl (C=O) groups is 3. The Hall–Kier alpha value is -7.42. The lowest BCUT2D eigenvalue weighted by atomic mass is 10.1. The van der Waals surface area contributed by atoms with Gasteiger partial charge in [0, 0.05) is 114 Å². The number of benzene rings is 6. The molecule has 37 heteroatoms. The normalized spacial score (nSPS) is 19.1. The molecular formula is C57H58ClF15N6O12S3. The van der Waals surface area contributed by atoms with Crippen LogP contribution < -0.4 is 21.3 Å². The van der Waals surface area contributed by atoms with Crippen LogP contribution in [0.3, 0.4) is 0 Å². The zero-order valence-corrected chi connectivity index (χ0v) is 48.9. The van der Waals surface area contributed by atoms with Crippen LogP contribution in [0.25, 0.3) is 0 Å². The molecule has 0 saturated carbocycles. The molecule has 0 spiro atoms. The Kier molecular flexibility index (Phi) is 29.1. The van der Waals surface area contributed by atoms with Gasteiger partial charge in [0.1, 0.15) is 50.7 Å². The second-order valence-electron chi connectivity index (χ2n) is 19.5. The number of carbonyl (C=O) groups excluding carboxylic acids is 3. The lowest BCUT2D eigenvalue weighted by Crippen LogP contribution is -2.47. The molecule has 0 aliphatic carbocycles. The number of aliphatic hydroxyl groups is 3. The Balaban J connectivity index is 0.000000343. The van der Waals surface area contributed by atoms with E-state index in [-0.39, 0.29) is 64.9 Å². The van der Waals surface area contributed by atoms with Crippen LogP contribution >= 0.6 is 10.7 Å². The van der Waals surface area contributed by atoms with Crippen molar-refractivity contribution in [3.05, 3.63) is 177 Å². The number of hydrogen-bond acceptors (Lipinski definition) is 13. The first-order valence-corrected chi connectivity index (χ1v) is 31.0. The second kappa shape index (κ2) is 33.8. The smallest absolute Gasteiger partial charge is 0.264 e. The molecule has 6 aromatic rings. The molecule has 3 saturated heterocycles. The number of hydrogen-bond donors (Lipinski definition) is 7. The van der Waals surface area contributed by atoms with E-state index >= 15 is 0 Å². The minimum Gasteiger partial charge on any atom is -0.390 e. The maximum absolute atomic E-state index is 14.2. The van der Waals surface area contributed by atoms with Crippen molar-refractivity contribution < 1.29 is 121 Å². The van der Waals surface area contributed by atoms with Gasteiger partial charge in [-0.25, -0.2) is 91.1 Å². The summed E-state index contributed by atoms with van der Waals surface area (Å²) in [6.45, 7) is -0.842. The van der Waals surface area contributed by atoms with Gasteiger partial charge in [0.15, 0.2) is 52.4 Å². The number of anilines is 3. The summed E-state index contributed by atoms with van der Waals surface area (Å²) in [4.78, 5) is 33.8. The zero-order valence-electron chi connectivity index (χ0n) is 45.7. The third-order valence-corrected chi connectivity index (χ3v) is 18.2. The van der Waals surface area contributed by atoms with Crippen LogP contribution in [0.5, 0.6) is 0 Å². The van der Waals surface area contributed by atoms with Gasteiger partial charge >= 0.3 is 0 Å². The summed E-state index contributed by atoms with van der Waals surface area (Å²) in [5.41, 5.74) is -2.41. The van der Waals surface area contributed by atoms with Crippen molar-refractivity contribution >= 4 is 74.6 Å². The van der Waals surface area contributed by atoms with Crippen molar-refractivity contribution in [1.82, 2.24) is 13.9 Å². The fourth-order valence-electron chi connectivity index (χ4n) is 8.26. The number of nitrogens with zero attached hydrogens (tertiary/aromatic N) is 2. The molecule has 6 atom stereocenters. The molecular weight excluding hydrogens is 1380 g/mol. The van der Waals surface area contributed by atoms with E-state index in [1.165, 1.54) is 0 Å². The first-order valence-electron chi connectivity index (χ1n) is 25.8. The van der Waals surface area contributed by atoms with Crippen LogP contribution in [0.1, 0.15) is 72.6 Å². The molecule has 518 valence electrons. The molecule has 0 bridgehead atoms. The van der Waals surface area contributed by atoms with Gasteiger partial charge in [0.05, 0.1) is 18.3 Å². The fourth-order valence-corrected chi connectivity index (χ4v) is 12.3. The van der Waals surface area contributed by atoms with E-state index in [4.69, 9.17) is 15.8 Å². The largest absolute Gasteiger partial charge is 0.390 e. The molecule has 6 aromatic carbocycles. The van der Waals surface area contributed by atoms with E-state index in [0.29, 0.717) is 94.4 Å². The lowest BCUT2D eigenvalue weighted by molar-refractivity contribution is 0.0302. The minimum absolute atomic E-state index is 0. The highest BCUT2D eigenvalue weighted by Crippen LogP contribution is 2.30. The van der Waals surface area contributed by atoms with E-state index in [1.807, 2.05) is 16.0 Å². The van der Waals surface area contributed by atoms with Crippen molar-refractivity contribution in [3.63, 3.8) is 0 Å². The van der Waals surface area contributed by atoms with E-state index in [0.717, 1.165) is 24.7 Å². The fraction of sp³-hybridized carbons (Fsp3) is 0.316. The summed E-state index contributed by atoms with van der Waals surface area (Å²) in [5, 5.41) is 36.5. The number of piperidine rings is 3. The highest BCUT2D eigenvalue weighted by Gasteiger charge is 2.38. The Bertz CT molecular complexity index is 3830. The van der Waals surface area contributed by atoms with E-state index in [2.05, 4.69) is 5.32 Å². The average molecular weight is 1440 g/mol. The highest BCUT2D eigenvalue weighted by atomic mass is 35.7. The van der Waals surface area contributed by atoms with Gasteiger partial charge in [-0.2, -0.15) is 8.61 Å².